The van der Waals surface area contributed by atoms with Crippen molar-refractivity contribution in [3.05, 3.63) is 52.8 Å². The summed E-state index contributed by atoms with van der Waals surface area (Å²) in [6, 6.07) is 8.41. The molecule has 0 fully saturated rings. The molecule has 7 nitrogen and oxygen atoms in total. The molecule has 2 aromatic rings. The van der Waals surface area contributed by atoms with Gasteiger partial charge in [0.2, 0.25) is 0 Å². The molecule has 0 saturated carbocycles. The van der Waals surface area contributed by atoms with Gasteiger partial charge in [-0.25, -0.2) is 4.79 Å². The van der Waals surface area contributed by atoms with Crippen LogP contribution in [0.3, 0.4) is 0 Å². The van der Waals surface area contributed by atoms with Gasteiger partial charge in [0.05, 0.1) is 31.5 Å². The molecule has 0 unspecified atom stereocenters. The van der Waals surface area contributed by atoms with Gasteiger partial charge in [0.25, 0.3) is 5.91 Å². The van der Waals surface area contributed by atoms with E-state index in [1.165, 1.54) is 14.0 Å². The Morgan fingerprint density at radius 3 is 2.50 bits per heavy atom. The van der Waals surface area contributed by atoms with Gasteiger partial charge in [-0.2, -0.15) is 5.10 Å². The molecule has 2 heterocycles. The number of carbonyl (C=O) groups excluding carboxylic acids is 3. The number of hydrogen-bond donors (Lipinski definition) is 0. The summed E-state index contributed by atoms with van der Waals surface area (Å²) in [6.07, 6.45) is 0. The average Bonchev–Trinajstić information content (AvgIpc) is 3.03. The van der Waals surface area contributed by atoms with Gasteiger partial charge >= 0.3 is 5.97 Å². The molecule has 24 heavy (non-hydrogen) atoms. The third kappa shape index (κ3) is 2.80. The number of ether oxygens (including phenoxy) is 1. The largest absolute Gasteiger partial charge is 0.464 e. The van der Waals surface area contributed by atoms with E-state index < -0.39 is 5.97 Å². The smallest absolute Gasteiger partial charge is 0.358 e. The van der Waals surface area contributed by atoms with Gasteiger partial charge in [-0.3, -0.25) is 14.3 Å². The number of hydrogen-bond acceptors (Lipinski definition) is 5. The third-order valence-electron chi connectivity index (χ3n) is 4.02. The van der Waals surface area contributed by atoms with Crippen molar-refractivity contribution < 1.29 is 19.1 Å². The van der Waals surface area contributed by atoms with Crippen LogP contribution in [0.15, 0.2) is 30.3 Å². The van der Waals surface area contributed by atoms with Crippen molar-refractivity contribution in [1.29, 1.82) is 0 Å². The number of fused-ring (bicyclic) bond motifs is 1. The molecule has 1 aromatic carbocycles. The van der Waals surface area contributed by atoms with Gasteiger partial charge in [-0.15, -0.1) is 0 Å². The Hall–Kier alpha value is -2.96. The maximum absolute atomic E-state index is 12.8. The molecule has 0 saturated heterocycles. The molecule has 0 bridgehead atoms. The van der Waals surface area contributed by atoms with E-state index >= 15 is 0 Å². The molecular weight excluding hydrogens is 310 g/mol. The summed E-state index contributed by atoms with van der Waals surface area (Å²) in [4.78, 5) is 37.7. The van der Waals surface area contributed by atoms with E-state index in [4.69, 9.17) is 0 Å². The SMILES string of the molecule is COC(=O)c1cc2n(n1)CCN(C(=O)c1ccccc1C(C)=O)C2. The van der Waals surface area contributed by atoms with Crippen LogP contribution in [-0.2, 0) is 17.8 Å². The summed E-state index contributed by atoms with van der Waals surface area (Å²) in [6.45, 7) is 2.72. The fraction of sp³-hybridized carbons (Fsp3) is 0.294. The summed E-state index contributed by atoms with van der Waals surface area (Å²) < 4.78 is 6.37. The number of nitrogens with zero attached hydrogens (tertiary/aromatic N) is 3. The van der Waals surface area contributed by atoms with Crippen molar-refractivity contribution in [3.63, 3.8) is 0 Å². The number of amides is 1. The van der Waals surface area contributed by atoms with Crippen LogP contribution >= 0.6 is 0 Å². The van der Waals surface area contributed by atoms with Crippen LogP contribution in [0.2, 0.25) is 0 Å². The Labute approximate surface area is 138 Å². The minimum atomic E-state index is -0.503. The molecule has 0 aliphatic carbocycles. The molecule has 1 amide bonds. The van der Waals surface area contributed by atoms with E-state index in [-0.39, 0.29) is 17.4 Å². The Balaban J connectivity index is 1.85. The maximum Gasteiger partial charge on any atom is 0.358 e. The van der Waals surface area contributed by atoms with Crippen molar-refractivity contribution in [2.75, 3.05) is 13.7 Å². The third-order valence-corrected chi connectivity index (χ3v) is 4.02. The zero-order valence-corrected chi connectivity index (χ0v) is 13.5. The molecule has 3 rings (SSSR count). The predicted molar refractivity (Wildman–Crippen MR) is 84.8 cm³/mol. The first kappa shape index (κ1) is 15.9. The van der Waals surface area contributed by atoms with Crippen LogP contribution in [0, 0.1) is 0 Å². The molecular formula is C17H17N3O4. The van der Waals surface area contributed by atoms with Crippen molar-refractivity contribution in [3.8, 4) is 0 Å². The normalized spacial score (nSPS) is 13.3. The second-order valence-corrected chi connectivity index (χ2v) is 5.56. The van der Waals surface area contributed by atoms with E-state index in [0.29, 0.717) is 30.8 Å². The highest BCUT2D eigenvalue weighted by atomic mass is 16.5. The molecule has 0 N–H and O–H groups in total. The van der Waals surface area contributed by atoms with Crippen LogP contribution in [0.25, 0.3) is 0 Å². The lowest BCUT2D eigenvalue weighted by atomic mass is 10.0. The Morgan fingerprint density at radius 2 is 1.83 bits per heavy atom. The molecule has 124 valence electrons. The minimum Gasteiger partial charge on any atom is -0.464 e. The molecule has 0 radical (unpaired) electrons. The lowest BCUT2D eigenvalue weighted by Gasteiger charge is -2.28. The number of Topliss-reactive ketones (excluding diaryl/α,β-unsaturated/α-hetero) is 1. The van der Waals surface area contributed by atoms with Gasteiger partial charge in [-0.05, 0) is 19.1 Å². The summed E-state index contributed by atoms with van der Waals surface area (Å²) >= 11 is 0. The second kappa shape index (κ2) is 6.27. The lowest BCUT2D eigenvalue weighted by molar-refractivity contribution is 0.0591. The number of ketones is 1. The van der Waals surface area contributed by atoms with Gasteiger partial charge < -0.3 is 9.64 Å². The topological polar surface area (TPSA) is 81.5 Å². The van der Waals surface area contributed by atoms with E-state index in [1.54, 1.807) is 39.9 Å². The van der Waals surface area contributed by atoms with Crippen molar-refractivity contribution in [1.82, 2.24) is 14.7 Å². The van der Waals surface area contributed by atoms with E-state index in [2.05, 4.69) is 9.84 Å². The van der Waals surface area contributed by atoms with Crippen molar-refractivity contribution in [2.24, 2.45) is 0 Å². The number of aromatic nitrogens is 2. The fourth-order valence-corrected chi connectivity index (χ4v) is 2.79. The number of methoxy groups -OCH3 is 1. The first-order valence-electron chi connectivity index (χ1n) is 7.55. The number of benzene rings is 1. The predicted octanol–water partition coefficient (Wildman–Crippen LogP) is 1.53. The Morgan fingerprint density at radius 1 is 1.12 bits per heavy atom. The molecule has 1 aromatic heterocycles. The average molecular weight is 327 g/mol. The van der Waals surface area contributed by atoms with Crippen LogP contribution in [-0.4, -0.2) is 46.0 Å². The highest BCUT2D eigenvalue weighted by Crippen LogP contribution is 2.19. The van der Waals surface area contributed by atoms with Crippen LogP contribution in [0.1, 0.15) is 43.8 Å². The standard InChI is InChI=1S/C17H17N3O4/c1-11(21)13-5-3-4-6-14(13)16(22)19-7-8-20-12(10-19)9-15(18-20)17(23)24-2/h3-6,9H,7-8,10H2,1-2H3. The molecule has 1 aliphatic rings. The van der Waals surface area contributed by atoms with E-state index in [0.717, 1.165) is 5.69 Å². The van der Waals surface area contributed by atoms with Crippen LogP contribution in [0.4, 0.5) is 0 Å². The molecule has 0 atom stereocenters. The quantitative estimate of drug-likeness (QED) is 0.631. The Kier molecular flexibility index (Phi) is 4.16. The van der Waals surface area contributed by atoms with E-state index in [1.807, 2.05) is 0 Å². The Bertz CT molecular complexity index is 825. The van der Waals surface area contributed by atoms with Gasteiger partial charge in [0.15, 0.2) is 11.5 Å². The van der Waals surface area contributed by atoms with Crippen LogP contribution < -0.4 is 0 Å². The van der Waals surface area contributed by atoms with Gasteiger partial charge in [0, 0.05) is 12.1 Å². The first-order chi connectivity index (χ1) is 11.5. The number of esters is 1. The number of rotatable bonds is 3. The summed E-state index contributed by atoms with van der Waals surface area (Å²) in [5.41, 5.74) is 1.80. The van der Waals surface area contributed by atoms with Crippen molar-refractivity contribution in [2.45, 2.75) is 20.0 Å². The summed E-state index contributed by atoms with van der Waals surface area (Å²) in [5, 5.41) is 4.18. The second-order valence-electron chi connectivity index (χ2n) is 5.56. The highest BCUT2D eigenvalue weighted by Gasteiger charge is 2.26. The summed E-state index contributed by atoms with van der Waals surface area (Å²) in [7, 11) is 1.30. The first-order valence-corrected chi connectivity index (χ1v) is 7.55. The fourth-order valence-electron chi connectivity index (χ4n) is 2.79. The lowest BCUT2D eigenvalue weighted by Crippen LogP contribution is -2.38. The molecule has 1 aliphatic heterocycles. The molecule has 0 spiro atoms. The van der Waals surface area contributed by atoms with Gasteiger partial charge in [0.1, 0.15) is 0 Å². The zero-order chi connectivity index (χ0) is 17.3. The highest BCUT2D eigenvalue weighted by molar-refractivity contribution is 6.07. The van der Waals surface area contributed by atoms with E-state index in [9.17, 15) is 14.4 Å². The minimum absolute atomic E-state index is 0.144. The zero-order valence-electron chi connectivity index (χ0n) is 13.5. The van der Waals surface area contributed by atoms with Gasteiger partial charge in [-0.1, -0.05) is 18.2 Å². The van der Waals surface area contributed by atoms with Crippen molar-refractivity contribution >= 4 is 17.7 Å². The summed E-state index contributed by atoms with van der Waals surface area (Å²) in [5.74, 6) is -0.849. The van der Waals surface area contributed by atoms with Crippen LogP contribution in [0.5, 0.6) is 0 Å². The monoisotopic (exact) mass is 327 g/mol. The molecule has 7 heteroatoms. The maximum atomic E-state index is 12.8. The number of carbonyl (C=O) groups is 3.